The highest BCUT2D eigenvalue weighted by Gasteiger charge is 2.27. The molecule has 0 unspecified atom stereocenters. The molecule has 0 bridgehead atoms. The Morgan fingerprint density at radius 3 is 2.78 bits per heavy atom. The van der Waals surface area contributed by atoms with Gasteiger partial charge in [-0.25, -0.2) is 4.79 Å². The molecule has 1 aromatic carbocycles. The smallest absolute Gasteiger partial charge is 0.317 e. The number of carbonyl (C=O) groups excluding carboxylic acids is 1. The molecule has 0 saturated carbocycles. The first kappa shape index (κ1) is 16.4. The van der Waals surface area contributed by atoms with E-state index in [1.54, 1.807) is 0 Å². The average Bonchev–Trinajstić information content (AvgIpc) is 3.09. The molecule has 2 fully saturated rings. The Labute approximate surface area is 142 Å². The van der Waals surface area contributed by atoms with Crippen LogP contribution in [0, 0.1) is 0 Å². The van der Waals surface area contributed by atoms with Gasteiger partial charge in [0.1, 0.15) is 0 Å². The van der Waals surface area contributed by atoms with E-state index < -0.39 is 0 Å². The Bertz CT molecular complexity index is 540. The maximum Gasteiger partial charge on any atom is 0.317 e. The number of halogens is 1. The molecule has 2 aliphatic rings. The monoisotopic (exact) mass is 337 g/mol. The maximum absolute atomic E-state index is 12.4. The van der Waals surface area contributed by atoms with E-state index in [2.05, 4.69) is 16.3 Å². The molecule has 3 rings (SSSR count). The molecule has 2 amide bonds. The summed E-state index contributed by atoms with van der Waals surface area (Å²) in [5, 5.41) is 3.82. The fourth-order valence-corrected chi connectivity index (χ4v) is 3.40. The van der Waals surface area contributed by atoms with Crippen LogP contribution in [-0.2, 0) is 4.74 Å². The maximum atomic E-state index is 12.4. The van der Waals surface area contributed by atoms with Crippen molar-refractivity contribution in [1.82, 2.24) is 10.2 Å². The average molecular weight is 338 g/mol. The first-order valence-corrected chi connectivity index (χ1v) is 8.69. The first-order valence-electron chi connectivity index (χ1n) is 8.31. The zero-order chi connectivity index (χ0) is 16.2. The van der Waals surface area contributed by atoms with Crippen molar-refractivity contribution in [2.24, 2.45) is 0 Å². The first-order chi connectivity index (χ1) is 11.1. The van der Waals surface area contributed by atoms with Gasteiger partial charge < -0.3 is 19.9 Å². The summed E-state index contributed by atoms with van der Waals surface area (Å²) < 4.78 is 5.64. The van der Waals surface area contributed by atoms with Crippen LogP contribution in [0.5, 0.6) is 0 Å². The Kier molecular flexibility index (Phi) is 5.28. The lowest BCUT2D eigenvalue weighted by molar-refractivity contribution is 0.0831. The third-order valence-electron chi connectivity index (χ3n) is 4.61. The van der Waals surface area contributed by atoms with E-state index in [1.165, 1.54) is 0 Å². The Balaban J connectivity index is 1.49. The Hall–Kier alpha value is -1.46. The molecule has 2 saturated heterocycles. The fraction of sp³-hybridized carbons (Fsp3) is 0.588. The number of anilines is 1. The van der Waals surface area contributed by atoms with E-state index in [-0.39, 0.29) is 18.2 Å². The van der Waals surface area contributed by atoms with E-state index >= 15 is 0 Å². The van der Waals surface area contributed by atoms with Crippen molar-refractivity contribution >= 4 is 23.3 Å². The minimum absolute atomic E-state index is 0.0127. The van der Waals surface area contributed by atoms with Crippen molar-refractivity contribution in [2.45, 2.75) is 31.9 Å². The highest BCUT2D eigenvalue weighted by Crippen LogP contribution is 2.21. The van der Waals surface area contributed by atoms with E-state index in [9.17, 15) is 4.79 Å². The van der Waals surface area contributed by atoms with Gasteiger partial charge in [-0.3, -0.25) is 0 Å². The standard InChI is InChI=1S/C17H24ClN3O2/c1-13(16-6-3-11-23-16)19-17(22)21-9-7-20(8-10-21)15-5-2-4-14(18)12-15/h2,4-5,12-13,16H,3,6-11H2,1H3,(H,19,22)/t13-,16-/m1/s1. The van der Waals surface area contributed by atoms with Crippen molar-refractivity contribution < 1.29 is 9.53 Å². The number of piperazine rings is 1. The van der Waals surface area contributed by atoms with Gasteiger partial charge in [-0.2, -0.15) is 0 Å². The molecule has 5 nitrogen and oxygen atoms in total. The molecule has 1 aromatic rings. The third kappa shape index (κ3) is 4.09. The van der Waals surface area contributed by atoms with Crippen LogP contribution in [0.4, 0.5) is 10.5 Å². The normalized spacial score (nSPS) is 23.0. The fourth-order valence-electron chi connectivity index (χ4n) is 3.22. The Morgan fingerprint density at radius 2 is 2.13 bits per heavy atom. The molecule has 2 atom stereocenters. The zero-order valence-electron chi connectivity index (χ0n) is 13.5. The molecular weight excluding hydrogens is 314 g/mol. The van der Waals surface area contributed by atoms with Crippen LogP contribution in [0.1, 0.15) is 19.8 Å². The minimum Gasteiger partial charge on any atom is -0.376 e. The molecule has 126 valence electrons. The number of benzene rings is 1. The number of rotatable bonds is 3. The molecule has 2 heterocycles. The van der Waals surface area contributed by atoms with Gasteiger partial charge >= 0.3 is 6.03 Å². The topological polar surface area (TPSA) is 44.8 Å². The van der Waals surface area contributed by atoms with Crippen molar-refractivity contribution in [1.29, 1.82) is 0 Å². The van der Waals surface area contributed by atoms with E-state index in [0.717, 1.165) is 56.3 Å². The molecule has 0 radical (unpaired) electrons. The predicted octanol–water partition coefficient (Wildman–Crippen LogP) is 2.74. The van der Waals surface area contributed by atoms with Gasteiger partial charge in [-0.1, -0.05) is 17.7 Å². The molecule has 6 heteroatoms. The largest absolute Gasteiger partial charge is 0.376 e. The van der Waals surface area contributed by atoms with E-state index in [4.69, 9.17) is 16.3 Å². The number of carbonyl (C=O) groups is 1. The lowest BCUT2D eigenvalue weighted by atomic mass is 10.1. The summed E-state index contributed by atoms with van der Waals surface area (Å²) in [6.45, 7) is 5.91. The predicted molar refractivity (Wildman–Crippen MR) is 92.2 cm³/mol. The summed E-state index contributed by atoms with van der Waals surface area (Å²) in [6, 6.07) is 7.94. The number of amides is 2. The van der Waals surface area contributed by atoms with Crippen LogP contribution in [-0.4, -0.2) is 55.9 Å². The van der Waals surface area contributed by atoms with Crippen molar-refractivity contribution in [3.8, 4) is 0 Å². The molecule has 0 aliphatic carbocycles. The van der Waals surface area contributed by atoms with Gasteiger partial charge in [-0.15, -0.1) is 0 Å². The minimum atomic E-state index is 0.0127. The van der Waals surface area contributed by atoms with Gasteiger partial charge in [0.15, 0.2) is 0 Å². The van der Waals surface area contributed by atoms with Crippen molar-refractivity contribution in [2.75, 3.05) is 37.7 Å². The number of nitrogens with one attached hydrogen (secondary N) is 1. The molecular formula is C17H24ClN3O2. The van der Waals surface area contributed by atoms with Gasteiger partial charge in [0.2, 0.25) is 0 Å². The number of hydrogen-bond acceptors (Lipinski definition) is 3. The number of ether oxygens (including phenoxy) is 1. The molecule has 0 spiro atoms. The van der Waals surface area contributed by atoms with Crippen LogP contribution < -0.4 is 10.2 Å². The quantitative estimate of drug-likeness (QED) is 0.922. The van der Waals surface area contributed by atoms with Crippen LogP contribution in [0.15, 0.2) is 24.3 Å². The van der Waals surface area contributed by atoms with Crippen LogP contribution in [0.25, 0.3) is 0 Å². The highest BCUT2D eigenvalue weighted by molar-refractivity contribution is 6.30. The highest BCUT2D eigenvalue weighted by atomic mass is 35.5. The van der Waals surface area contributed by atoms with Crippen LogP contribution in [0.2, 0.25) is 5.02 Å². The van der Waals surface area contributed by atoms with Gasteiger partial charge in [-0.05, 0) is 38.0 Å². The number of urea groups is 1. The zero-order valence-corrected chi connectivity index (χ0v) is 14.3. The summed E-state index contributed by atoms with van der Waals surface area (Å²) in [4.78, 5) is 16.5. The molecule has 2 aliphatic heterocycles. The lowest BCUT2D eigenvalue weighted by Crippen LogP contribution is -2.54. The summed E-state index contributed by atoms with van der Waals surface area (Å²) >= 11 is 6.05. The summed E-state index contributed by atoms with van der Waals surface area (Å²) in [6.07, 6.45) is 2.28. The molecule has 0 aromatic heterocycles. The summed E-state index contributed by atoms with van der Waals surface area (Å²) in [5.41, 5.74) is 1.12. The van der Waals surface area contributed by atoms with Gasteiger partial charge in [0, 0.05) is 43.5 Å². The van der Waals surface area contributed by atoms with Gasteiger partial charge in [0.25, 0.3) is 0 Å². The third-order valence-corrected chi connectivity index (χ3v) is 4.85. The van der Waals surface area contributed by atoms with Crippen LogP contribution >= 0.6 is 11.6 Å². The second-order valence-electron chi connectivity index (χ2n) is 6.24. The number of hydrogen-bond donors (Lipinski definition) is 1. The van der Waals surface area contributed by atoms with Crippen LogP contribution in [0.3, 0.4) is 0 Å². The molecule has 23 heavy (non-hydrogen) atoms. The van der Waals surface area contributed by atoms with Gasteiger partial charge in [0.05, 0.1) is 12.1 Å². The second-order valence-corrected chi connectivity index (χ2v) is 6.68. The molecule has 1 N–H and O–H groups in total. The Morgan fingerprint density at radius 1 is 1.35 bits per heavy atom. The van der Waals surface area contributed by atoms with Crippen molar-refractivity contribution in [3.05, 3.63) is 29.3 Å². The lowest BCUT2D eigenvalue weighted by Gasteiger charge is -2.37. The SMILES string of the molecule is C[C@@H](NC(=O)N1CCN(c2cccc(Cl)c2)CC1)[C@H]1CCCO1. The van der Waals surface area contributed by atoms with E-state index in [1.807, 2.05) is 30.0 Å². The second kappa shape index (κ2) is 7.41. The van der Waals surface area contributed by atoms with Crippen molar-refractivity contribution in [3.63, 3.8) is 0 Å². The summed E-state index contributed by atoms with van der Waals surface area (Å²) in [7, 11) is 0. The summed E-state index contributed by atoms with van der Waals surface area (Å²) in [5.74, 6) is 0. The van der Waals surface area contributed by atoms with E-state index in [0.29, 0.717) is 0 Å². The number of nitrogens with zero attached hydrogens (tertiary/aromatic N) is 2.